The van der Waals surface area contributed by atoms with E-state index < -0.39 is 17.7 Å². The quantitative estimate of drug-likeness (QED) is 0.403. The largest absolute Gasteiger partial charge is 0.356 e. The Hall–Kier alpha value is -2.81. The average Bonchev–Trinajstić information content (AvgIpc) is 3.12. The lowest BCUT2D eigenvalue weighted by Crippen LogP contribution is -2.41. The predicted molar refractivity (Wildman–Crippen MR) is 114 cm³/mol. The summed E-state index contributed by atoms with van der Waals surface area (Å²) in [5.74, 6) is -1.40. The van der Waals surface area contributed by atoms with E-state index in [4.69, 9.17) is 23.2 Å². The van der Waals surface area contributed by atoms with Gasteiger partial charge in [0.2, 0.25) is 0 Å². The summed E-state index contributed by atoms with van der Waals surface area (Å²) < 4.78 is 0.714. The van der Waals surface area contributed by atoms with Crippen LogP contribution in [0.2, 0.25) is 10.0 Å². The maximum Gasteiger partial charge on any atom is 0.286 e. The van der Waals surface area contributed by atoms with Crippen molar-refractivity contribution in [2.75, 3.05) is 5.32 Å². The monoisotopic (exact) mass is 494 g/mol. The van der Waals surface area contributed by atoms with Crippen LogP contribution in [0, 0.1) is 0 Å². The van der Waals surface area contributed by atoms with Crippen LogP contribution in [-0.4, -0.2) is 22.7 Å². The predicted octanol–water partition coefficient (Wildman–Crippen LogP) is 4.41. The van der Waals surface area contributed by atoms with E-state index in [1.807, 2.05) is 0 Å². The minimum absolute atomic E-state index is 0.288. The van der Waals surface area contributed by atoms with E-state index in [-0.39, 0.29) is 5.69 Å². The van der Waals surface area contributed by atoms with E-state index in [0.717, 1.165) is 0 Å². The molecule has 1 aromatic heterocycles. The van der Waals surface area contributed by atoms with Crippen molar-refractivity contribution < 1.29 is 14.4 Å². The number of nitrogens with one attached hydrogen (secondary N) is 4. The van der Waals surface area contributed by atoms with Gasteiger partial charge in [0.25, 0.3) is 17.7 Å². The van der Waals surface area contributed by atoms with Gasteiger partial charge in [0, 0.05) is 37.5 Å². The zero-order chi connectivity index (χ0) is 21.0. The molecule has 0 bridgehead atoms. The smallest absolute Gasteiger partial charge is 0.286 e. The fourth-order valence-corrected chi connectivity index (χ4v) is 3.21. The highest BCUT2D eigenvalue weighted by Crippen LogP contribution is 2.20. The number of aromatic nitrogens is 1. The van der Waals surface area contributed by atoms with Crippen LogP contribution >= 0.6 is 39.1 Å². The third-order valence-electron chi connectivity index (χ3n) is 3.71. The topological polar surface area (TPSA) is 103 Å². The SMILES string of the molecule is O=C(NNC(=O)c1cc(Br)c[nH]1)c1ccc(NC(=O)c2cc(Cl)cc(Cl)c2)cc1. The number of carbonyl (C=O) groups is 3. The van der Waals surface area contributed by atoms with Crippen LogP contribution in [0.4, 0.5) is 5.69 Å². The van der Waals surface area contributed by atoms with Crippen molar-refractivity contribution in [3.63, 3.8) is 0 Å². The molecule has 0 aliphatic carbocycles. The first-order valence-electron chi connectivity index (χ1n) is 8.14. The fourth-order valence-electron chi connectivity index (χ4n) is 2.35. The first-order valence-corrected chi connectivity index (χ1v) is 9.69. The van der Waals surface area contributed by atoms with Gasteiger partial charge in [0.1, 0.15) is 5.69 Å². The maximum atomic E-state index is 12.3. The summed E-state index contributed by atoms with van der Waals surface area (Å²) in [5, 5.41) is 3.39. The molecule has 3 amide bonds. The van der Waals surface area contributed by atoms with Crippen LogP contribution in [0.25, 0.3) is 0 Å². The molecule has 7 nitrogen and oxygen atoms in total. The summed E-state index contributed by atoms with van der Waals surface area (Å²) in [6, 6.07) is 12.2. The van der Waals surface area contributed by atoms with Gasteiger partial charge in [-0.2, -0.15) is 0 Å². The van der Waals surface area contributed by atoms with Crippen molar-refractivity contribution in [1.29, 1.82) is 0 Å². The second kappa shape index (κ2) is 9.13. The number of anilines is 1. The van der Waals surface area contributed by atoms with Crippen molar-refractivity contribution in [3.05, 3.63) is 86.1 Å². The van der Waals surface area contributed by atoms with Crippen molar-refractivity contribution in [1.82, 2.24) is 15.8 Å². The molecule has 0 saturated heterocycles. The third-order valence-corrected chi connectivity index (χ3v) is 4.61. The number of H-pyrrole nitrogens is 1. The summed E-state index contributed by atoms with van der Waals surface area (Å²) in [5.41, 5.74) is 5.98. The Morgan fingerprint density at radius 3 is 2.00 bits per heavy atom. The molecule has 0 unspecified atom stereocenters. The Balaban J connectivity index is 1.58. The second-order valence-corrected chi connectivity index (χ2v) is 7.62. The maximum absolute atomic E-state index is 12.3. The van der Waals surface area contributed by atoms with E-state index in [1.54, 1.807) is 24.4 Å². The average molecular weight is 496 g/mol. The fraction of sp³-hybridized carbons (Fsp3) is 0. The Morgan fingerprint density at radius 1 is 0.793 bits per heavy atom. The Morgan fingerprint density at radius 2 is 1.41 bits per heavy atom. The lowest BCUT2D eigenvalue weighted by atomic mass is 10.1. The summed E-state index contributed by atoms with van der Waals surface area (Å²) in [6.45, 7) is 0. The van der Waals surface area contributed by atoms with Gasteiger partial charge in [-0.3, -0.25) is 25.2 Å². The van der Waals surface area contributed by atoms with E-state index >= 15 is 0 Å². The molecule has 4 N–H and O–H groups in total. The van der Waals surface area contributed by atoms with Crippen molar-refractivity contribution in [2.24, 2.45) is 0 Å². The summed E-state index contributed by atoms with van der Waals surface area (Å²) in [6.07, 6.45) is 1.60. The van der Waals surface area contributed by atoms with Crippen molar-refractivity contribution in [2.45, 2.75) is 0 Å². The van der Waals surface area contributed by atoms with Crippen molar-refractivity contribution >= 4 is 62.5 Å². The van der Waals surface area contributed by atoms with Crippen LogP contribution in [0.5, 0.6) is 0 Å². The molecule has 10 heteroatoms. The van der Waals surface area contributed by atoms with Gasteiger partial charge in [0.15, 0.2) is 0 Å². The number of carbonyl (C=O) groups excluding carboxylic acids is 3. The van der Waals surface area contributed by atoms with Gasteiger partial charge in [-0.15, -0.1) is 0 Å². The molecule has 0 saturated carbocycles. The van der Waals surface area contributed by atoms with Gasteiger partial charge >= 0.3 is 0 Å². The molecule has 1 heterocycles. The molecule has 0 fully saturated rings. The van der Waals surface area contributed by atoms with Gasteiger partial charge in [-0.05, 0) is 64.5 Å². The molecular formula is C19H13BrCl2N4O3. The molecule has 0 spiro atoms. The number of aromatic amines is 1. The molecule has 0 aliphatic rings. The summed E-state index contributed by atoms with van der Waals surface area (Å²) >= 11 is 15.0. The lowest BCUT2D eigenvalue weighted by molar-refractivity contribution is 0.0844. The summed E-state index contributed by atoms with van der Waals surface area (Å²) in [4.78, 5) is 39.1. The zero-order valence-corrected chi connectivity index (χ0v) is 17.7. The highest BCUT2D eigenvalue weighted by Gasteiger charge is 2.12. The molecule has 0 aliphatic heterocycles. The molecule has 3 aromatic rings. The highest BCUT2D eigenvalue weighted by atomic mass is 79.9. The molecule has 148 valence electrons. The van der Waals surface area contributed by atoms with Gasteiger partial charge < -0.3 is 10.3 Å². The van der Waals surface area contributed by atoms with E-state index in [2.05, 4.69) is 37.1 Å². The normalized spacial score (nSPS) is 10.3. The van der Waals surface area contributed by atoms with E-state index in [1.165, 1.54) is 30.3 Å². The molecule has 3 rings (SSSR count). The number of halogens is 3. The van der Waals surface area contributed by atoms with Crippen LogP contribution in [0.3, 0.4) is 0 Å². The third kappa shape index (κ3) is 5.60. The van der Waals surface area contributed by atoms with Crippen LogP contribution in [0.1, 0.15) is 31.2 Å². The lowest BCUT2D eigenvalue weighted by Gasteiger charge is -2.09. The number of rotatable bonds is 4. The van der Waals surface area contributed by atoms with E-state index in [9.17, 15) is 14.4 Å². The Bertz CT molecular complexity index is 1060. The Labute approximate surface area is 183 Å². The molecule has 2 aromatic carbocycles. The second-order valence-electron chi connectivity index (χ2n) is 5.83. The first kappa shape index (κ1) is 20.9. The van der Waals surface area contributed by atoms with Crippen LogP contribution in [-0.2, 0) is 0 Å². The minimum Gasteiger partial charge on any atom is -0.356 e. The molecular weight excluding hydrogens is 483 g/mol. The number of hydrogen-bond donors (Lipinski definition) is 4. The Kier molecular flexibility index (Phi) is 6.58. The van der Waals surface area contributed by atoms with Crippen LogP contribution < -0.4 is 16.2 Å². The number of hydrazine groups is 1. The number of amides is 3. The van der Waals surface area contributed by atoms with Gasteiger partial charge in [-0.1, -0.05) is 23.2 Å². The van der Waals surface area contributed by atoms with E-state index in [0.29, 0.717) is 31.3 Å². The molecule has 29 heavy (non-hydrogen) atoms. The highest BCUT2D eigenvalue weighted by molar-refractivity contribution is 9.10. The number of benzene rings is 2. The minimum atomic E-state index is -0.511. The van der Waals surface area contributed by atoms with Gasteiger partial charge in [-0.25, -0.2) is 0 Å². The molecule has 0 radical (unpaired) electrons. The van der Waals surface area contributed by atoms with Gasteiger partial charge in [0.05, 0.1) is 0 Å². The summed E-state index contributed by atoms with van der Waals surface area (Å²) in [7, 11) is 0. The van der Waals surface area contributed by atoms with Crippen LogP contribution in [0.15, 0.2) is 59.2 Å². The first-order chi connectivity index (χ1) is 13.8. The molecule has 0 atom stereocenters. The standard InChI is InChI=1S/C19H13BrCl2N4O3/c20-12-7-16(23-9-12)19(29)26-25-18(28)10-1-3-15(4-2-10)24-17(27)11-5-13(21)8-14(22)6-11/h1-9,23H,(H,24,27)(H,25,28)(H,26,29). The zero-order valence-electron chi connectivity index (χ0n) is 14.6. The van der Waals surface area contributed by atoms with Crippen molar-refractivity contribution in [3.8, 4) is 0 Å². The number of hydrogen-bond acceptors (Lipinski definition) is 3.